The highest BCUT2D eigenvalue weighted by atomic mass is 19.1. The maximum Gasteiger partial charge on any atom is 0.260 e. The van der Waals surface area contributed by atoms with Crippen LogP contribution < -0.4 is 4.74 Å². The van der Waals surface area contributed by atoms with Gasteiger partial charge in [-0.1, -0.05) is 18.2 Å². The van der Waals surface area contributed by atoms with E-state index in [1.807, 2.05) is 12.1 Å². The van der Waals surface area contributed by atoms with E-state index in [9.17, 15) is 9.18 Å². The van der Waals surface area contributed by atoms with Crippen molar-refractivity contribution in [3.05, 3.63) is 41.6 Å². The number of benzene rings is 1. The predicted molar refractivity (Wildman–Crippen MR) is 123 cm³/mol. The normalized spacial score (nSPS) is 25.9. The predicted octanol–water partition coefficient (Wildman–Crippen LogP) is 4.02. The quantitative estimate of drug-likeness (QED) is 0.638. The van der Waals surface area contributed by atoms with Crippen LogP contribution in [0.1, 0.15) is 68.2 Å². The van der Waals surface area contributed by atoms with Crippen molar-refractivity contribution in [1.29, 1.82) is 0 Å². The zero-order valence-electron chi connectivity index (χ0n) is 19.8. The summed E-state index contributed by atoms with van der Waals surface area (Å²) < 4.78 is 25.6. The molecule has 4 fully saturated rings. The number of likely N-dealkylation sites (tertiary alicyclic amines) is 2. The number of ether oxygens (including phenoxy) is 1. The summed E-state index contributed by atoms with van der Waals surface area (Å²) in [5.41, 5.74) is -0.0310. The number of aryl methyl sites for hydroxylation is 1. The Labute approximate surface area is 199 Å². The molecule has 2 aliphatic heterocycles. The number of para-hydroxylation sites is 1. The minimum Gasteiger partial charge on any atom is -0.484 e. The van der Waals surface area contributed by atoms with Crippen molar-refractivity contribution in [2.75, 3.05) is 26.2 Å². The molecule has 0 bridgehead atoms. The van der Waals surface area contributed by atoms with E-state index in [1.54, 1.807) is 11.8 Å². The van der Waals surface area contributed by atoms with Gasteiger partial charge in [0.2, 0.25) is 5.89 Å². The molecular weight excluding hydrogens is 435 g/mol. The van der Waals surface area contributed by atoms with Crippen LogP contribution in [0.4, 0.5) is 4.39 Å². The summed E-state index contributed by atoms with van der Waals surface area (Å²) in [6.45, 7) is 5.74. The number of hydrogen-bond acceptors (Lipinski definition) is 6. The number of amides is 1. The van der Waals surface area contributed by atoms with Crippen LogP contribution in [-0.2, 0) is 11.4 Å². The zero-order chi connectivity index (χ0) is 23.3. The van der Waals surface area contributed by atoms with Gasteiger partial charge in [-0.15, -0.1) is 10.2 Å². The molecule has 0 N–H and O–H groups in total. The molecule has 7 nitrogen and oxygen atoms in total. The fraction of sp³-hybridized carbons (Fsp3) is 0.654. The van der Waals surface area contributed by atoms with Gasteiger partial charge in [0.25, 0.3) is 11.8 Å². The number of aromatic nitrogens is 2. The van der Waals surface area contributed by atoms with Crippen molar-refractivity contribution >= 4 is 5.91 Å². The number of hydrogen-bond donors (Lipinski definition) is 0. The van der Waals surface area contributed by atoms with Crippen molar-refractivity contribution in [3.8, 4) is 5.75 Å². The minimum absolute atomic E-state index is 0.232. The van der Waals surface area contributed by atoms with Gasteiger partial charge in [0, 0.05) is 31.5 Å². The largest absolute Gasteiger partial charge is 0.484 e. The smallest absolute Gasteiger partial charge is 0.260 e. The topological polar surface area (TPSA) is 71.7 Å². The van der Waals surface area contributed by atoms with Crippen molar-refractivity contribution in [2.24, 2.45) is 5.41 Å². The second-order valence-corrected chi connectivity index (χ2v) is 10.9. The zero-order valence-corrected chi connectivity index (χ0v) is 19.8. The molecule has 182 valence electrons. The minimum atomic E-state index is -1.52. The lowest BCUT2D eigenvalue weighted by Gasteiger charge is -2.49. The van der Waals surface area contributed by atoms with Gasteiger partial charge in [-0.2, -0.15) is 0 Å². The van der Waals surface area contributed by atoms with E-state index in [0.717, 1.165) is 57.6 Å². The molecule has 2 aliphatic carbocycles. The Morgan fingerprint density at radius 3 is 2.62 bits per heavy atom. The van der Waals surface area contributed by atoms with E-state index in [1.165, 1.54) is 12.0 Å². The first-order valence-corrected chi connectivity index (χ1v) is 12.7. The summed E-state index contributed by atoms with van der Waals surface area (Å²) in [6.07, 6.45) is 6.54. The molecule has 2 saturated heterocycles. The summed E-state index contributed by atoms with van der Waals surface area (Å²) in [5, 5.41) is 7.89. The summed E-state index contributed by atoms with van der Waals surface area (Å²) in [4.78, 5) is 16.7. The number of rotatable bonds is 6. The first kappa shape index (κ1) is 22.0. The monoisotopic (exact) mass is 468 g/mol. The SMILES string of the molecule is Cc1nnc(COc2ccccc2C2CCN([C@@H]3CCC4(C3)CN(C(=O)C3(F)CC3)C4)CC2)o1. The standard InChI is InChI=1S/C26H33FN4O3/c1-18-28-29-23(34-18)15-33-22-5-3-2-4-21(22)19-7-12-30(13-8-19)20-6-9-25(14-20)16-31(17-25)24(32)26(27)10-11-26/h2-5,19-20H,6-17H2,1H3/t20-/m1/s1. The number of piperidine rings is 1. The third-order valence-electron chi connectivity index (χ3n) is 8.41. The fourth-order valence-corrected chi connectivity index (χ4v) is 6.35. The lowest BCUT2D eigenvalue weighted by atomic mass is 9.77. The van der Waals surface area contributed by atoms with Crippen LogP contribution in [0.15, 0.2) is 28.7 Å². The van der Waals surface area contributed by atoms with Gasteiger partial charge in [-0.25, -0.2) is 4.39 Å². The summed E-state index contributed by atoms with van der Waals surface area (Å²) in [7, 11) is 0. The maximum absolute atomic E-state index is 14.1. The van der Waals surface area contributed by atoms with Crippen LogP contribution in [-0.4, -0.2) is 63.8 Å². The number of halogens is 1. The van der Waals surface area contributed by atoms with Gasteiger partial charge in [-0.3, -0.25) is 4.79 Å². The van der Waals surface area contributed by atoms with Crippen LogP contribution >= 0.6 is 0 Å². The van der Waals surface area contributed by atoms with E-state index in [2.05, 4.69) is 27.2 Å². The first-order chi connectivity index (χ1) is 16.4. The molecule has 2 saturated carbocycles. The van der Waals surface area contributed by atoms with Gasteiger partial charge >= 0.3 is 0 Å². The highest BCUT2D eigenvalue weighted by Crippen LogP contribution is 2.51. The molecule has 3 heterocycles. The lowest BCUT2D eigenvalue weighted by molar-refractivity contribution is -0.150. The second kappa shape index (κ2) is 8.33. The third kappa shape index (κ3) is 4.10. The molecule has 1 aromatic heterocycles. The van der Waals surface area contributed by atoms with Crippen molar-refractivity contribution in [3.63, 3.8) is 0 Å². The van der Waals surface area contributed by atoms with Gasteiger partial charge in [0.05, 0.1) is 0 Å². The molecule has 1 atom stereocenters. The van der Waals surface area contributed by atoms with Crippen molar-refractivity contribution < 1.29 is 18.3 Å². The Bertz CT molecular complexity index is 1050. The molecule has 8 heteroatoms. The Balaban J connectivity index is 1.01. The van der Waals surface area contributed by atoms with Gasteiger partial charge < -0.3 is 19.0 Å². The molecule has 2 aromatic rings. The Kier molecular flexibility index (Phi) is 5.39. The summed E-state index contributed by atoms with van der Waals surface area (Å²) in [6, 6.07) is 8.88. The van der Waals surface area contributed by atoms with E-state index in [-0.39, 0.29) is 17.9 Å². The molecule has 0 radical (unpaired) electrons. The lowest BCUT2D eigenvalue weighted by Crippen LogP contribution is -2.60. The second-order valence-electron chi connectivity index (χ2n) is 10.9. The average Bonchev–Trinajstić information content (AvgIpc) is 3.23. The highest BCUT2D eigenvalue weighted by Gasteiger charge is 2.58. The number of carbonyl (C=O) groups is 1. The average molecular weight is 469 g/mol. The Hall–Kier alpha value is -2.48. The molecule has 34 heavy (non-hydrogen) atoms. The molecule has 1 amide bonds. The van der Waals surface area contributed by atoms with E-state index in [0.29, 0.717) is 36.6 Å². The van der Waals surface area contributed by atoms with Gasteiger partial charge in [0.15, 0.2) is 12.3 Å². The molecular formula is C26H33FN4O3. The molecule has 1 spiro atoms. The van der Waals surface area contributed by atoms with Crippen LogP contribution in [0.3, 0.4) is 0 Å². The first-order valence-electron chi connectivity index (χ1n) is 12.7. The van der Waals surface area contributed by atoms with Crippen LogP contribution in [0.2, 0.25) is 0 Å². The third-order valence-corrected chi connectivity index (χ3v) is 8.41. The number of carbonyl (C=O) groups excluding carboxylic acids is 1. The highest BCUT2D eigenvalue weighted by molar-refractivity contribution is 5.88. The molecule has 4 aliphatic rings. The van der Waals surface area contributed by atoms with Gasteiger partial charge in [0.1, 0.15) is 5.75 Å². The molecule has 6 rings (SSSR count). The molecule has 1 aromatic carbocycles. The number of nitrogens with zero attached hydrogens (tertiary/aromatic N) is 4. The Morgan fingerprint density at radius 2 is 1.91 bits per heavy atom. The fourth-order valence-electron chi connectivity index (χ4n) is 6.35. The molecule has 0 unspecified atom stereocenters. The summed E-state index contributed by atoms with van der Waals surface area (Å²) in [5.74, 6) is 2.16. The number of alkyl halides is 1. The van der Waals surface area contributed by atoms with Crippen LogP contribution in [0, 0.1) is 12.3 Å². The van der Waals surface area contributed by atoms with Crippen LogP contribution in [0.25, 0.3) is 0 Å². The van der Waals surface area contributed by atoms with E-state index in [4.69, 9.17) is 9.15 Å². The maximum atomic E-state index is 14.1. The van der Waals surface area contributed by atoms with Gasteiger partial charge in [-0.05, 0) is 75.6 Å². The van der Waals surface area contributed by atoms with Crippen LogP contribution in [0.5, 0.6) is 5.75 Å². The van der Waals surface area contributed by atoms with Crippen molar-refractivity contribution in [2.45, 2.75) is 76.1 Å². The summed E-state index contributed by atoms with van der Waals surface area (Å²) >= 11 is 0. The Morgan fingerprint density at radius 1 is 1.15 bits per heavy atom. The van der Waals surface area contributed by atoms with E-state index < -0.39 is 5.67 Å². The van der Waals surface area contributed by atoms with E-state index >= 15 is 0 Å². The van der Waals surface area contributed by atoms with Crippen molar-refractivity contribution in [1.82, 2.24) is 20.0 Å².